The second-order valence-corrected chi connectivity index (χ2v) is 7.26. The number of hydrogen-bond donors (Lipinski definition) is 3. The maximum absolute atomic E-state index is 9.77. The number of likely N-dealkylation sites (tertiary alicyclic amines) is 1. The van der Waals surface area contributed by atoms with Crippen LogP contribution in [0.5, 0.6) is 0 Å². The smallest absolute Gasteiger partial charge is 0.105 e. The molecule has 4 N–H and O–H groups in total. The van der Waals surface area contributed by atoms with Crippen molar-refractivity contribution in [2.75, 3.05) is 13.1 Å². The van der Waals surface area contributed by atoms with Crippen LogP contribution in [0.2, 0.25) is 5.02 Å². The molecule has 1 aliphatic heterocycles. The van der Waals surface area contributed by atoms with Crippen molar-refractivity contribution >= 4 is 11.6 Å². The van der Waals surface area contributed by atoms with Crippen LogP contribution in [0.15, 0.2) is 24.3 Å². The minimum atomic E-state index is -0.177. The summed E-state index contributed by atoms with van der Waals surface area (Å²) < 4.78 is 0. The summed E-state index contributed by atoms with van der Waals surface area (Å²) in [5, 5.41) is 10.6. The summed E-state index contributed by atoms with van der Waals surface area (Å²) in [5.74, 6) is 0.775. The van der Waals surface area contributed by atoms with E-state index >= 15 is 0 Å². The van der Waals surface area contributed by atoms with Crippen LogP contribution < -0.4 is 10.6 Å². The van der Waals surface area contributed by atoms with Crippen LogP contribution in [0.4, 0.5) is 0 Å². The highest BCUT2D eigenvalue weighted by molar-refractivity contribution is 6.30. The number of nitrogens with one attached hydrogen (secondary N) is 1. The zero-order valence-corrected chi connectivity index (χ0v) is 13.2. The molecule has 2 fully saturated rings. The molecule has 1 aromatic carbocycles. The van der Waals surface area contributed by atoms with Gasteiger partial charge in [0.2, 0.25) is 0 Å². The Hall–Kier alpha value is -0.610. The minimum absolute atomic E-state index is 0.177. The first-order chi connectivity index (χ1) is 10.1. The lowest BCUT2D eigenvalue weighted by atomic mass is 9.89. The van der Waals surface area contributed by atoms with Gasteiger partial charge in [0.25, 0.3) is 0 Å². The van der Waals surface area contributed by atoms with E-state index in [1.54, 1.807) is 4.90 Å². The van der Waals surface area contributed by atoms with Gasteiger partial charge in [-0.2, -0.15) is 0 Å². The third kappa shape index (κ3) is 3.78. The van der Waals surface area contributed by atoms with Crippen LogP contribution in [-0.4, -0.2) is 36.4 Å². The van der Waals surface area contributed by atoms with Gasteiger partial charge < -0.3 is 15.7 Å². The van der Waals surface area contributed by atoms with E-state index in [4.69, 9.17) is 17.3 Å². The standard InChI is InChI=1S/C17H25ClN2O/c18-14-3-1-12(2-4-14)9-13-5-7-20(8-6-13)17-11-15(21)10-16(17)19/h1-4,13,15-17,21H,5-11,19H2/p+1. The fraction of sp³-hybridized carbons (Fsp3) is 0.647. The highest BCUT2D eigenvalue weighted by atomic mass is 35.5. The highest BCUT2D eigenvalue weighted by Gasteiger charge is 2.39. The first-order valence-electron chi connectivity index (χ1n) is 8.14. The van der Waals surface area contributed by atoms with Gasteiger partial charge in [-0.3, -0.25) is 0 Å². The average molecular weight is 310 g/mol. The molecule has 3 nitrogen and oxygen atoms in total. The number of aliphatic hydroxyl groups excluding tert-OH is 1. The molecule has 0 bridgehead atoms. The first-order valence-corrected chi connectivity index (χ1v) is 8.52. The molecular weight excluding hydrogens is 284 g/mol. The Morgan fingerprint density at radius 3 is 2.38 bits per heavy atom. The molecule has 1 aliphatic carbocycles. The molecule has 1 saturated heterocycles. The second-order valence-electron chi connectivity index (χ2n) is 6.83. The summed E-state index contributed by atoms with van der Waals surface area (Å²) >= 11 is 5.94. The molecule has 0 amide bonds. The largest absolute Gasteiger partial charge is 0.393 e. The molecule has 4 heteroatoms. The maximum atomic E-state index is 9.77. The molecule has 0 radical (unpaired) electrons. The molecule has 21 heavy (non-hydrogen) atoms. The van der Waals surface area contributed by atoms with E-state index in [2.05, 4.69) is 12.1 Å². The molecule has 1 saturated carbocycles. The fourth-order valence-corrected chi connectivity index (χ4v) is 4.22. The van der Waals surface area contributed by atoms with Crippen LogP contribution in [0.1, 0.15) is 31.2 Å². The van der Waals surface area contributed by atoms with Gasteiger partial charge in [-0.15, -0.1) is 0 Å². The van der Waals surface area contributed by atoms with Gasteiger partial charge in [-0.25, -0.2) is 0 Å². The quantitative estimate of drug-likeness (QED) is 0.781. The average Bonchev–Trinajstić information content (AvgIpc) is 2.81. The number of rotatable bonds is 3. The van der Waals surface area contributed by atoms with E-state index < -0.39 is 0 Å². The Morgan fingerprint density at radius 1 is 1.14 bits per heavy atom. The first kappa shape index (κ1) is 15.3. The highest BCUT2D eigenvalue weighted by Crippen LogP contribution is 2.21. The van der Waals surface area contributed by atoms with E-state index in [-0.39, 0.29) is 12.1 Å². The van der Waals surface area contributed by atoms with Gasteiger partial charge in [0.05, 0.1) is 25.2 Å². The predicted molar refractivity (Wildman–Crippen MR) is 85.6 cm³/mol. The van der Waals surface area contributed by atoms with Crippen molar-refractivity contribution in [3.63, 3.8) is 0 Å². The maximum Gasteiger partial charge on any atom is 0.105 e. The van der Waals surface area contributed by atoms with Gasteiger partial charge in [0.15, 0.2) is 0 Å². The Kier molecular flexibility index (Phi) is 4.85. The summed E-state index contributed by atoms with van der Waals surface area (Å²) in [6.07, 6.45) is 5.17. The molecular formula is C17H26ClN2O+. The molecule has 2 aliphatic rings. The second kappa shape index (κ2) is 6.66. The number of quaternary nitrogens is 1. The summed E-state index contributed by atoms with van der Waals surface area (Å²) in [7, 11) is 0. The lowest BCUT2D eigenvalue weighted by Gasteiger charge is -2.34. The van der Waals surface area contributed by atoms with Crippen LogP contribution in [-0.2, 0) is 6.42 Å². The summed E-state index contributed by atoms with van der Waals surface area (Å²) in [4.78, 5) is 1.62. The Morgan fingerprint density at radius 2 is 1.81 bits per heavy atom. The predicted octanol–water partition coefficient (Wildman–Crippen LogP) is 1.03. The number of nitrogens with two attached hydrogens (primary N) is 1. The van der Waals surface area contributed by atoms with E-state index in [9.17, 15) is 5.11 Å². The van der Waals surface area contributed by atoms with E-state index in [1.165, 1.54) is 31.5 Å². The van der Waals surface area contributed by atoms with Crippen molar-refractivity contribution in [3.05, 3.63) is 34.9 Å². The summed E-state index contributed by atoms with van der Waals surface area (Å²) in [5.41, 5.74) is 7.57. The third-order valence-electron chi connectivity index (χ3n) is 5.30. The Balaban J connectivity index is 1.50. The molecule has 0 spiro atoms. The summed E-state index contributed by atoms with van der Waals surface area (Å²) in [6.45, 7) is 2.40. The number of aliphatic hydroxyl groups is 1. The minimum Gasteiger partial charge on any atom is -0.393 e. The van der Waals surface area contributed by atoms with Crippen molar-refractivity contribution < 1.29 is 10.0 Å². The van der Waals surface area contributed by atoms with E-state index in [0.29, 0.717) is 6.04 Å². The number of piperidine rings is 1. The van der Waals surface area contributed by atoms with Crippen LogP contribution in [0, 0.1) is 5.92 Å². The SMILES string of the molecule is NC1CC(O)CC1[NH+]1CCC(Cc2ccc(Cl)cc2)CC1. The topological polar surface area (TPSA) is 50.7 Å². The van der Waals surface area contributed by atoms with Crippen molar-refractivity contribution in [1.82, 2.24) is 0 Å². The molecule has 3 unspecified atom stereocenters. The van der Waals surface area contributed by atoms with Gasteiger partial charge in [-0.05, 0) is 49.3 Å². The normalized spacial score (nSPS) is 36.8. The van der Waals surface area contributed by atoms with Crippen molar-refractivity contribution in [2.45, 2.75) is 50.3 Å². The molecule has 3 rings (SSSR count). The van der Waals surface area contributed by atoms with Crippen LogP contribution in [0.25, 0.3) is 0 Å². The monoisotopic (exact) mass is 309 g/mol. The Labute approximate surface area is 132 Å². The molecule has 0 aromatic heterocycles. The summed E-state index contributed by atoms with van der Waals surface area (Å²) in [6, 6.07) is 8.90. The number of halogens is 1. The van der Waals surface area contributed by atoms with Crippen molar-refractivity contribution in [2.24, 2.45) is 11.7 Å². The van der Waals surface area contributed by atoms with Gasteiger partial charge in [0.1, 0.15) is 6.04 Å². The Bertz CT molecular complexity index is 456. The van der Waals surface area contributed by atoms with Crippen LogP contribution in [0.3, 0.4) is 0 Å². The van der Waals surface area contributed by atoms with E-state index in [0.717, 1.165) is 30.2 Å². The van der Waals surface area contributed by atoms with E-state index in [1.807, 2.05) is 12.1 Å². The van der Waals surface area contributed by atoms with Gasteiger partial charge >= 0.3 is 0 Å². The third-order valence-corrected chi connectivity index (χ3v) is 5.55. The molecule has 1 heterocycles. The van der Waals surface area contributed by atoms with Crippen molar-refractivity contribution in [3.8, 4) is 0 Å². The molecule has 116 valence electrons. The lowest BCUT2D eigenvalue weighted by molar-refractivity contribution is -0.931. The van der Waals surface area contributed by atoms with Crippen LogP contribution >= 0.6 is 11.6 Å². The number of benzene rings is 1. The van der Waals surface area contributed by atoms with Gasteiger partial charge in [-0.1, -0.05) is 23.7 Å². The number of hydrogen-bond acceptors (Lipinski definition) is 2. The fourth-order valence-electron chi connectivity index (χ4n) is 4.09. The zero-order chi connectivity index (χ0) is 14.8. The zero-order valence-electron chi connectivity index (χ0n) is 12.5. The molecule has 1 aromatic rings. The van der Waals surface area contributed by atoms with Crippen molar-refractivity contribution in [1.29, 1.82) is 0 Å². The van der Waals surface area contributed by atoms with Gasteiger partial charge in [0, 0.05) is 11.4 Å². The lowest BCUT2D eigenvalue weighted by Crippen LogP contribution is -3.18. The molecule has 3 atom stereocenters.